The highest BCUT2D eigenvalue weighted by atomic mass is 19.1. The minimum atomic E-state index is -0.350. The van der Waals surface area contributed by atoms with Crippen molar-refractivity contribution in [3.63, 3.8) is 0 Å². The number of benzene rings is 2. The first-order valence-corrected chi connectivity index (χ1v) is 9.32. The van der Waals surface area contributed by atoms with Crippen LogP contribution in [0.3, 0.4) is 0 Å². The second-order valence-corrected chi connectivity index (χ2v) is 6.92. The van der Waals surface area contributed by atoms with E-state index in [-0.39, 0.29) is 23.3 Å². The molecular formula is C21H25F2N3O2. The lowest BCUT2D eigenvalue weighted by Gasteiger charge is -2.34. The molecule has 0 bridgehead atoms. The van der Waals surface area contributed by atoms with Crippen LogP contribution in [0.1, 0.15) is 11.1 Å². The highest BCUT2D eigenvalue weighted by molar-refractivity contribution is 5.78. The van der Waals surface area contributed by atoms with Crippen LogP contribution in [0.2, 0.25) is 0 Å². The fraction of sp³-hybridized carbons (Fsp3) is 0.381. The highest BCUT2D eigenvalue weighted by Crippen LogP contribution is 2.19. The van der Waals surface area contributed by atoms with Crippen molar-refractivity contribution < 1.29 is 18.3 Å². The third-order valence-corrected chi connectivity index (χ3v) is 4.86. The number of carbonyl (C=O) groups excluding carboxylic acids is 1. The monoisotopic (exact) mass is 389 g/mol. The zero-order valence-electron chi connectivity index (χ0n) is 16.0. The maximum Gasteiger partial charge on any atom is 0.234 e. The van der Waals surface area contributed by atoms with E-state index in [1.807, 2.05) is 6.07 Å². The normalized spacial score (nSPS) is 15.4. The molecule has 1 heterocycles. The van der Waals surface area contributed by atoms with Crippen LogP contribution in [0.5, 0.6) is 5.75 Å². The van der Waals surface area contributed by atoms with Gasteiger partial charge in [0.25, 0.3) is 0 Å². The van der Waals surface area contributed by atoms with Crippen LogP contribution in [-0.2, 0) is 17.9 Å². The van der Waals surface area contributed by atoms with E-state index in [4.69, 9.17) is 4.74 Å². The van der Waals surface area contributed by atoms with Gasteiger partial charge in [-0.2, -0.15) is 0 Å². The predicted molar refractivity (Wildman–Crippen MR) is 103 cm³/mol. The minimum absolute atomic E-state index is 0.0463. The summed E-state index contributed by atoms with van der Waals surface area (Å²) in [7, 11) is 1.45. The molecule has 3 rings (SSSR count). The molecule has 1 fully saturated rings. The van der Waals surface area contributed by atoms with E-state index in [9.17, 15) is 13.6 Å². The lowest BCUT2D eigenvalue weighted by atomic mass is 10.2. The van der Waals surface area contributed by atoms with Gasteiger partial charge in [-0.05, 0) is 35.4 Å². The molecule has 150 valence electrons. The Balaban J connectivity index is 1.39. The molecule has 0 radical (unpaired) electrons. The Bertz CT molecular complexity index is 791. The summed E-state index contributed by atoms with van der Waals surface area (Å²) in [6.07, 6.45) is 0. The van der Waals surface area contributed by atoms with Crippen LogP contribution >= 0.6 is 0 Å². The summed E-state index contributed by atoms with van der Waals surface area (Å²) >= 11 is 0. The third-order valence-electron chi connectivity index (χ3n) is 4.86. The number of carbonyl (C=O) groups is 1. The van der Waals surface area contributed by atoms with Crippen LogP contribution in [0.15, 0.2) is 42.5 Å². The van der Waals surface area contributed by atoms with Crippen LogP contribution in [0.4, 0.5) is 8.78 Å². The van der Waals surface area contributed by atoms with Gasteiger partial charge in [0.2, 0.25) is 5.91 Å². The van der Waals surface area contributed by atoms with Gasteiger partial charge in [-0.3, -0.25) is 14.6 Å². The number of rotatable bonds is 7. The standard InChI is InChI=1S/C21H25F2N3O2/c1-28-20-7-4-17(12-19(20)23)14-25-8-10-26(11-9-25)15-21(27)24-13-16-2-5-18(22)6-3-16/h2-7,12H,8-11,13-15H2,1H3,(H,24,27). The van der Waals surface area contributed by atoms with E-state index in [1.54, 1.807) is 18.2 Å². The van der Waals surface area contributed by atoms with Gasteiger partial charge in [-0.15, -0.1) is 0 Å². The van der Waals surface area contributed by atoms with Gasteiger partial charge in [0.05, 0.1) is 13.7 Å². The molecule has 0 aromatic heterocycles. The summed E-state index contributed by atoms with van der Waals surface area (Å²) in [6, 6.07) is 11.1. The number of hydrogen-bond donors (Lipinski definition) is 1. The smallest absolute Gasteiger partial charge is 0.234 e. The molecule has 0 aliphatic carbocycles. The number of halogens is 2. The van der Waals surface area contributed by atoms with Crippen LogP contribution in [0.25, 0.3) is 0 Å². The zero-order valence-corrected chi connectivity index (χ0v) is 16.0. The second-order valence-electron chi connectivity index (χ2n) is 6.92. The van der Waals surface area contributed by atoms with Gasteiger partial charge in [0.1, 0.15) is 5.82 Å². The van der Waals surface area contributed by atoms with Crippen molar-refractivity contribution >= 4 is 5.91 Å². The third kappa shape index (κ3) is 5.74. The predicted octanol–water partition coefficient (Wildman–Crippen LogP) is 2.41. The van der Waals surface area contributed by atoms with Gasteiger partial charge in [-0.1, -0.05) is 18.2 Å². The number of nitrogens with zero attached hydrogens (tertiary/aromatic N) is 2. The number of piperazine rings is 1. The Morgan fingerprint density at radius 1 is 1.00 bits per heavy atom. The van der Waals surface area contributed by atoms with Crippen molar-refractivity contribution in [2.75, 3.05) is 39.8 Å². The molecule has 2 aromatic rings. The summed E-state index contributed by atoms with van der Waals surface area (Å²) in [5, 5.41) is 2.86. The van der Waals surface area contributed by atoms with E-state index in [0.29, 0.717) is 19.6 Å². The summed E-state index contributed by atoms with van der Waals surface area (Å²) in [4.78, 5) is 16.5. The first-order valence-electron chi connectivity index (χ1n) is 9.32. The van der Waals surface area contributed by atoms with E-state index >= 15 is 0 Å². The van der Waals surface area contributed by atoms with Crippen molar-refractivity contribution in [3.05, 3.63) is 65.2 Å². The molecule has 0 saturated carbocycles. The molecule has 0 spiro atoms. The first kappa shape index (κ1) is 20.2. The van der Waals surface area contributed by atoms with Crippen LogP contribution in [0, 0.1) is 11.6 Å². The summed E-state index contributed by atoms with van der Waals surface area (Å²) in [6.45, 7) is 4.60. The lowest BCUT2D eigenvalue weighted by molar-refractivity contribution is -0.122. The molecule has 0 unspecified atom stereocenters. The zero-order chi connectivity index (χ0) is 19.9. The molecule has 1 N–H and O–H groups in total. The van der Waals surface area contributed by atoms with Crippen molar-refractivity contribution in [2.45, 2.75) is 13.1 Å². The molecule has 7 heteroatoms. The van der Waals surface area contributed by atoms with E-state index in [2.05, 4.69) is 15.1 Å². The Hall–Kier alpha value is -2.51. The summed E-state index contributed by atoms with van der Waals surface area (Å²) in [5.41, 5.74) is 1.77. The maximum absolute atomic E-state index is 13.8. The van der Waals surface area contributed by atoms with Crippen LogP contribution in [-0.4, -0.2) is 55.5 Å². The van der Waals surface area contributed by atoms with Crippen molar-refractivity contribution in [1.82, 2.24) is 15.1 Å². The molecule has 1 aliphatic heterocycles. The highest BCUT2D eigenvalue weighted by Gasteiger charge is 2.19. The molecule has 2 aromatic carbocycles. The van der Waals surface area contributed by atoms with E-state index in [1.165, 1.54) is 25.3 Å². The van der Waals surface area contributed by atoms with Crippen molar-refractivity contribution in [2.24, 2.45) is 0 Å². The number of nitrogens with one attached hydrogen (secondary N) is 1. The fourth-order valence-corrected chi connectivity index (χ4v) is 3.23. The average Bonchev–Trinajstić information content (AvgIpc) is 2.69. The van der Waals surface area contributed by atoms with Crippen molar-refractivity contribution in [1.29, 1.82) is 0 Å². The number of ether oxygens (including phenoxy) is 1. The van der Waals surface area contributed by atoms with Gasteiger partial charge in [-0.25, -0.2) is 8.78 Å². The van der Waals surface area contributed by atoms with E-state index in [0.717, 1.165) is 37.3 Å². The molecule has 0 atom stereocenters. The molecular weight excluding hydrogens is 364 g/mol. The minimum Gasteiger partial charge on any atom is -0.494 e. The Morgan fingerprint density at radius 3 is 2.29 bits per heavy atom. The SMILES string of the molecule is COc1ccc(CN2CCN(CC(=O)NCc3ccc(F)cc3)CC2)cc1F. The van der Waals surface area contributed by atoms with Gasteiger partial charge < -0.3 is 10.1 Å². The Kier molecular flexibility index (Phi) is 6.95. The first-order chi connectivity index (χ1) is 13.5. The number of amides is 1. The molecule has 1 amide bonds. The van der Waals surface area contributed by atoms with Gasteiger partial charge in [0, 0.05) is 39.3 Å². The molecule has 5 nitrogen and oxygen atoms in total. The quantitative estimate of drug-likeness (QED) is 0.790. The maximum atomic E-state index is 13.8. The average molecular weight is 389 g/mol. The summed E-state index contributed by atoms with van der Waals surface area (Å²) < 4.78 is 31.7. The molecule has 1 saturated heterocycles. The van der Waals surface area contributed by atoms with Gasteiger partial charge in [0.15, 0.2) is 11.6 Å². The molecule has 28 heavy (non-hydrogen) atoms. The molecule has 1 aliphatic rings. The van der Waals surface area contributed by atoms with E-state index < -0.39 is 0 Å². The topological polar surface area (TPSA) is 44.8 Å². The van der Waals surface area contributed by atoms with Gasteiger partial charge >= 0.3 is 0 Å². The lowest BCUT2D eigenvalue weighted by Crippen LogP contribution is -2.49. The fourth-order valence-electron chi connectivity index (χ4n) is 3.23. The summed E-state index contributed by atoms with van der Waals surface area (Å²) in [5.74, 6) is -0.433. The number of hydrogen-bond acceptors (Lipinski definition) is 4. The Morgan fingerprint density at radius 2 is 1.64 bits per heavy atom. The number of methoxy groups -OCH3 is 1. The van der Waals surface area contributed by atoms with Crippen LogP contribution < -0.4 is 10.1 Å². The second kappa shape index (κ2) is 9.61. The largest absolute Gasteiger partial charge is 0.494 e. The Labute approximate surface area is 163 Å². The van der Waals surface area contributed by atoms with Crippen molar-refractivity contribution in [3.8, 4) is 5.75 Å².